The van der Waals surface area contributed by atoms with Crippen molar-refractivity contribution in [1.82, 2.24) is 14.9 Å². The van der Waals surface area contributed by atoms with Crippen LogP contribution in [0.1, 0.15) is 38.7 Å². The van der Waals surface area contributed by atoms with E-state index in [0.717, 1.165) is 36.8 Å². The highest BCUT2D eigenvalue weighted by Crippen LogP contribution is 2.35. The van der Waals surface area contributed by atoms with Gasteiger partial charge >= 0.3 is 0 Å². The molecule has 2 aromatic rings. The summed E-state index contributed by atoms with van der Waals surface area (Å²) in [6.07, 6.45) is 7.25. The van der Waals surface area contributed by atoms with E-state index in [1.54, 1.807) is 0 Å². The van der Waals surface area contributed by atoms with Crippen LogP contribution in [0.25, 0.3) is 16.6 Å². The van der Waals surface area contributed by atoms with Crippen molar-refractivity contribution in [1.29, 1.82) is 0 Å². The molecular weight excluding hydrogens is 312 g/mol. The molecule has 0 saturated heterocycles. The highest BCUT2D eigenvalue weighted by Gasteiger charge is 2.30. The molecule has 1 atom stereocenters. The van der Waals surface area contributed by atoms with Crippen LogP contribution in [0.5, 0.6) is 0 Å². The minimum absolute atomic E-state index is 0.0989. The van der Waals surface area contributed by atoms with Gasteiger partial charge in [-0.1, -0.05) is 19.9 Å². The molecule has 3 heterocycles. The van der Waals surface area contributed by atoms with Crippen molar-refractivity contribution in [3.05, 3.63) is 30.0 Å². The number of H-pyrrole nitrogens is 1. The first-order valence-electron chi connectivity index (χ1n) is 9.21. The van der Waals surface area contributed by atoms with E-state index in [1.807, 2.05) is 12.3 Å². The quantitative estimate of drug-likeness (QED) is 0.894. The summed E-state index contributed by atoms with van der Waals surface area (Å²) >= 11 is 0. The summed E-state index contributed by atoms with van der Waals surface area (Å²) in [5, 5.41) is 4.13. The number of carbonyl (C=O) groups is 1. The average molecular weight is 338 g/mol. The molecule has 4 rings (SSSR count). The maximum absolute atomic E-state index is 12.1. The summed E-state index contributed by atoms with van der Waals surface area (Å²) in [7, 11) is 2.19. The maximum atomic E-state index is 12.1. The van der Waals surface area contributed by atoms with E-state index in [0.29, 0.717) is 17.8 Å². The summed E-state index contributed by atoms with van der Waals surface area (Å²) in [5.41, 5.74) is 3.38. The molecule has 0 spiro atoms. The summed E-state index contributed by atoms with van der Waals surface area (Å²) < 4.78 is 0. The van der Waals surface area contributed by atoms with Gasteiger partial charge in [0.2, 0.25) is 5.91 Å². The van der Waals surface area contributed by atoms with Gasteiger partial charge in [0.1, 0.15) is 11.5 Å². The molecular formula is C20H26N4O. The van der Waals surface area contributed by atoms with Crippen LogP contribution in [-0.2, 0) is 4.79 Å². The monoisotopic (exact) mass is 338 g/mol. The second kappa shape index (κ2) is 6.30. The van der Waals surface area contributed by atoms with Gasteiger partial charge < -0.3 is 10.3 Å². The Labute approximate surface area is 148 Å². The van der Waals surface area contributed by atoms with Crippen LogP contribution in [0.2, 0.25) is 0 Å². The Bertz CT molecular complexity index is 831. The fraction of sp³-hybridized carbons (Fsp3) is 0.500. The summed E-state index contributed by atoms with van der Waals surface area (Å²) in [6.45, 7) is 5.52. The third-order valence-electron chi connectivity index (χ3n) is 5.46. The van der Waals surface area contributed by atoms with Crippen LogP contribution < -0.4 is 5.32 Å². The van der Waals surface area contributed by atoms with Crippen LogP contribution in [0, 0.1) is 11.8 Å². The van der Waals surface area contributed by atoms with Crippen LogP contribution in [0.3, 0.4) is 0 Å². The Morgan fingerprint density at radius 3 is 2.92 bits per heavy atom. The van der Waals surface area contributed by atoms with E-state index in [2.05, 4.69) is 53.2 Å². The largest absolute Gasteiger partial charge is 0.346 e. The van der Waals surface area contributed by atoms with Gasteiger partial charge in [0.05, 0.1) is 0 Å². The van der Waals surface area contributed by atoms with Gasteiger partial charge in [0.25, 0.3) is 0 Å². The number of nitrogens with zero attached hydrogens (tertiary/aromatic N) is 2. The third-order valence-corrected chi connectivity index (χ3v) is 5.46. The van der Waals surface area contributed by atoms with E-state index in [1.165, 1.54) is 11.1 Å². The Morgan fingerprint density at radius 1 is 1.40 bits per heavy atom. The normalized spacial score (nSPS) is 21.6. The summed E-state index contributed by atoms with van der Waals surface area (Å²) in [6, 6.07) is 4.66. The zero-order chi connectivity index (χ0) is 17.6. The number of anilines is 1. The molecule has 1 unspecified atom stereocenters. The van der Waals surface area contributed by atoms with Crippen LogP contribution in [0.4, 0.5) is 5.82 Å². The zero-order valence-electron chi connectivity index (χ0n) is 15.2. The Balaban J connectivity index is 1.70. The van der Waals surface area contributed by atoms with Crippen molar-refractivity contribution in [2.24, 2.45) is 11.8 Å². The Hall–Kier alpha value is -2.14. The van der Waals surface area contributed by atoms with Gasteiger partial charge in [-0.25, -0.2) is 4.98 Å². The number of amides is 1. The number of likely N-dealkylation sites (N-methyl/N-ethyl adjacent to an activating group) is 1. The highest BCUT2D eigenvalue weighted by atomic mass is 16.2. The van der Waals surface area contributed by atoms with Gasteiger partial charge in [-0.05, 0) is 55.5 Å². The number of fused-ring (bicyclic) bond motifs is 1. The van der Waals surface area contributed by atoms with E-state index in [-0.39, 0.29) is 11.8 Å². The van der Waals surface area contributed by atoms with Gasteiger partial charge in [0, 0.05) is 30.1 Å². The molecule has 0 aromatic carbocycles. The lowest BCUT2D eigenvalue weighted by atomic mass is 9.88. The minimum atomic E-state index is 0.0989. The lowest BCUT2D eigenvalue weighted by Gasteiger charge is -2.35. The fourth-order valence-corrected chi connectivity index (χ4v) is 3.76. The SMILES string of the molecule is CC(C)C1CC(c2cc(NC(=O)C3CC3)nc3[nH]ccc23)=CCN1C. The Kier molecular flexibility index (Phi) is 4.12. The third kappa shape index (κ3) is 3.21. The fourth-order valence-electron chi connectivity index (χ4n) is 3.76. The van der Waals surface area contributed by atoms with Crippen molar-refractivity contribution in [2.45, 2.75) is 39.2 Å². The lowest BCUT2D eigenvalue weighted by molar-refractivity contribution is -0.117. The average Bonchev–Trinajstić information content (AvgIpc) is 3.33. The number of aromatic nitrogens is 2. The molecule has 5 heteroatoms. The zero-order valence-corrected chi connectivity index (χ0v) is 15.2. The van der Waals surface area contributed by atoms with Gasteiger partial charge in [-0.15, -0.1) is 0 Å². The summed E-state index contributed by atoms with van der Waals surface area (Å²) in [4.78, 5) is 22.3. The smallest absolute Gasteiger partial charge is 0.228 e. The molecule has 0 bridgehead atoms. The van der Waals surface area contributed by atoms with E-state index >= 15 is 0 Å². The predicted octanol–water partition coefficient (Wildman–Crippen LogP) is 3.65. The molecule has 2 N–H and O–H groups in total. The maximum Gasteiger partial charge on any atom is 0.228 e. The van der Waals surface area contributed by atoms with Gasteiger partial charge in [-0.3, -0.25) is 9.69 Å². The number of rotatable bonds is 4. The predicted molar refractivity (Wildman–Crippen MR) is 101 cm³/mol. The molecule has 1 aliphatic carbocycles. The first-order valence-corrected chi connectivity index (χ1v) is 9.21. The molecule has 2 aliphatic rings. The topological polar surface area (TPSA) is 61.0 Å². The molecule has 1 aliphatic heterocycles. The van der Waals surface area contributed by atoms with Crippen LogP contribution in [0.15, 0.2) is 24.4 Å². The lowest BCUT2D eigenvalue weighted by Crippen LogP contribution is -2.38. The van der Waals surface area contributed by atoms with Crippen molar-refractivity contribution >= 4 is 28.3 Å². The molecule has 1 saturated carbocycles. The van der Waals surface area contributed by atoms with Crippen molar-refractivity contribution < 1.29 is 4.79 Å². The Morgan fingerprint density at radius 2 is 2.20 bits per heavy atom. The highest BCUT2D eigenvalue weighted by molar-refractivity contribution is 5.97. The number of aromatic amines is 1. The van der Waals surface area contributed by atoms with E-state index in [4.69, 9.17) is 0 Å². The summed E-state index contributed by atoms with van der Waals surface area (Å²) in [5.74, 6) is 1.54. The molecule has 25 heavy (non-hydrogen) atoms. The molecule has 1 fully saturated rings. The molecule has 5 nitrogen and oxygen atoms in total. The van der Waals surface area contributed by atoms with Crippen molar-refractivity contribution in [2.75, 3.05) is 18.9 Å². The first kappa shape index (κ1) is 16.3. The first-order chi connectivity index (χ1) is 12.0. The van der Waals surface area contributed by atoms with E-state index < -0.39 is 0 Å². The van der Waals surface area contributed by atoms with Crippen LogP contribution >= 0.6 is 0 Å². The molecule has 0 radical (unpaired) electrons. The standard InChI is InChI=1S/C20H26N4O/c1-12(2)17-10-14(7-9-24(17)3)16-11-18(23-20(25)13-4-5-13)22-19-15(16)6-8-21-19/h6-8,11-13,17H,4-5,9-10H2,1-3H3,(H2,21,22,23,25). The molecule has 2 aromatic heterocycles. The number of hydrogen-bond donors (Lipinski definition) is 2. The van der Waals surface area contributed by atoms with E-state index in [9.17, 15) is 4.79 Å². The van der Waals surface area contributed by atoms with Crippen molar-refractivity contribution in [3.8, 4) is 0 Å². The second-order valence-electron chi connectivity index (χ2n) is 7.74. The van der Waals surface area contributed by atoms with Crippen molar-refractivity contribution in [3.63, 3.8) is 0 Å². The molecule has 1 amide bonds. The molecule has 132 valence electrons. The van der Waals surface area contributed by atoms with Crippen LogP contribution in [-0.4, -0.2) is 40.4 Å². The number of pyridine rings is 1. The number of carbonyl (C=O) groups excluding carboxylic acids is 1. The minimum Gasteiger partial charge on any atom is -0.346 e. The van der Waals surface area contributed by atoms with Gasteiger partial charge in [0.15, 0.2) is 0 Å². The number of nitrogens with one attached hydrogen (secondary N) is 2. The second-order valence-corrected chi connectivity index (χ2v) is 7.74. The number of hydrogen-bond acceptors (Lipinski definition) is 3. The van der Waals surface area contributed by atoms with Gasteiger partial charge in [-0.2, -0.15) is 0 Å².